The Hall–Kier alpha value is -0.885. The molecule has 0 spiro atoms. The van der Waals surface area contributed by atoms with Crippen molar-refractivity contribution in [3.63, 3.8) is 0 Å². The van der Waals surface area contributed by atoms with Crippen molar-refractivity contribution >= 4 is 13.3 Å². The summed E-state index contributed by atoms with van der Waals surface area (Å²) in [6.07, 6.45) is 19.7. The Bertz CT molecular complexity index is 376. The SMILES string of the molecule is CCCCCCCC/C=C\CCCCCCCC(=O)OCC(CO)OB(O)O. The molecule has 0 aliphatic heterocycles. The second-order valence-corrected chi connectivity index (χ2v) is 7.28. The lowest BCUT2D eigenvalue weighted by atomic mass is 10.1. The summed E-state index contributed by atoms with van der Waals surface area (Å²) in [5.41, 5.74) is 0. The zero-order valence-corrected chi connectivity index (χ0v) is 17.7. The van der Waals surface area contributed by atoms with E-state index in [0.29, 0.717) is 6.42 Å². The van der Waals surface area contributed by atoms with E-state index in [2.05, 4.69) is 23.7 Å². The molecule has 3 N–H and O–H groups in total. The predicted octanol–water partition coefficient (Wildman–Crippen LogP) is 3.91. The maximum absolute atomic E-state index is 11.6. The molecule has 0 aromatic carbocycles. The van der Waals surface area contributed by atoms with Gasteiger partial charge in [-0.05, 0) is 32.1 Å². The molecule has 0 aliphatic rings. The van der Waals surface area contributed by atoms with E-state index in [1.165, 1.54) is 57.8 Å². The lowest BCUT2D eigenvalue weighted by Crippen LogP contribution is -2.32. The van der Waals surface area contributed by atoms with Crippen LogP contribution in [-0.2, 0) is 14.2 Å². The molecule has 0 saturated carbocycles. The molecule has 164 valence electrons. The summed E-state index contributed by atoms with van der Waals surface area (Å²) in [5, 5.41) is 26.3. The molecule has 6 nitrogen and oxygen atoms in total. The first-order valence-corrected chi connectivity index (χ1v) is 11.0. The van der Waals surface area contributed by atoms with Gasteiger partial charge < -0.3 is 24.5 Å². The zero-order valence-electron chi connectivity index (χ0n) is 17.7. The minimum absolute atomic E-state index is 0.183. The van der Waals surface area contributed by atoms with Crippen LogP contribution in [0.25, 0.3) is 0 Å². The molecule has 1 unspecified atom stereocenters. The maximum Gasteiger partial charge on any atom is 0.634 e. The quantitative estimate of drug-likeness (QED) is 0.124. The van der Waals surface area contributed by atoms with E-state index in [-0.39, 0.29) is 12.6 Å². The van der Waals surface area contributed by atoms with Gasteiger partial charge in [0.1, 0.15) is 12.7 Å². The van der Waals surface area contributed by atoms with Gasteiger partial charge in [0, 0.05) is 6.42 Å². The third-order valence-electron chi connectivity index (χ3n) is 4.59. The van der Waals surface area contributed by atoms with Crippen molar-refractivity contribution < 1.29 is 29.3 Å². The molecule has 0 aromatic heterocycles. The van der Waals surface area contributed by atoms with Gasteiger partial charge in [-0.15, -0.1) is 0 Å². The zero-order chi connectivity index (χ0) is 20.9. The Morgan fingerprint density at radius 2 is 1.43 bits per heavy atom. The van der Waals surface area contributed by atoms with Crippen LogP contribution in [0.1, 0.15) is 96.8 Å². The highest BCUT2D eigenvalue weighted by molar-refractivity contribution is 6.32. The van der Waals surface area contributed by atoms with Gasteiger partial charge in [-0.2, -0.15) is 0 Å². The summed E-state index contributed by atoms with van der Waals surface area (Å²) in [7, 11) is -1.98. The lowest BCUT2D eigenvalue weighted by molar-refractivity contribution is -0.147. The van der Waals surface area contributed by atoms with Crippen molar-refractivity contribution in [2.75, 3.05) is 13.2 Å². The Kier molecular flexibility index (Phi) is 20.2. The molecule has 0 heterocycles. The van der Waals surface area contributed by atoms with Crippen LogP contribution < -0.4 is 0 Å². The average molecular weight is 400 g/mol. The monoisotopic (exact) mass is 400 g/mol. The fraction of sp³-hybridized carbons (Fsp3) is 0.857. The number of aliphatic hydroxyl groups is 1. The van der Waals surface area contributed by atoms with Crippen LogP contribution in [0.4, 0.5) is 0 Å². The number of unbranched alkanes of at least 4 members (excludes halogenated alkanes) is 11. The van der Waals surface area contributed by atoms with Crippen molar-refractivity contribution in [3.05, 3.63) is 12.2 Å². The van der Waals surface area contributed by atoms with Crippen LogP contribution in [0.2, 0.25) is 0 Å². The number of carbonyl (C=O) groups is 1. The summed E-state index contributed by atoms with van der Waals surface area (Å²) in [6.45, 7) is 1.62. The van der Waals surface area contributed by atoms with Crippen LogP contribution in [0.5, 0.6) is 0 Å². The highest BCUT2D eigenvalue weighted by Crippen LogP contribution is 2.10. The first-order chi connectivity index (χ1) is 13.6. The van der Waals surface area contributed by atoms with Crippen LogP contribution in [0.15, 0.2) is 12.2 Å². The number of hydrogen-bond donors (Lipinski definition) is 3. The van der Waals surface area contributed by atoms with E-state index in [4.69, 9.17) is 19.9 Å². The summed E-state index contributed by atoms with van der Waals surface area (Å²) in [4.78, 5) is 11.6. The van der Waals surface area contributed by atoms with E-state index < -0.39 is 20.0 Å². The number of carbonyl (C=O) groups excluding carboxylic acids is 1. The van der Waals surface area contributed by atoms with Crippen molar-refractivity contribution in [2.24, 2.45) is 0 Å². The van der Waals surface area contributed by atoms with Crippen molar-refractivity contribution in [3.8, 4) is 0 Å². The van der Waals surface area contributed by atoms with Crippen LogP contribution in [0, 0.1) is 0 Å². The second-order valence-electron chi connectivity index (χ2n) is 7.28. The van der Waals surface area contributed by atoms with Gasteiger partial charge in [0.2, 0.25) is 0 Å². The second kappa shape index (κ2) is 20.8. The number of allylic oxidation sites excluding steroid dienone is 2. The van der Waals surface area contributed by atoms with E-state index >= 15 is 0 Å². The molecule has 0 bridgehead atoms. The summed E-state index contributed by atoms with van der Waals surface area (Å²) < 4.78 is 9.52. The van der Waals surface area contributed by atoms with Crippen molar-refractivity contribution in [1.29, 1.82) is 0 Å². The predicted molar refractivity (Wildman–Crippen MR) is 113 cm³/mol. The standard InChI is InChI=1S/C21H41BO6/c1-2-3-4-5-6-7-8-9-10-11-12-13-14-15-16-17-21(24)27-19-20(18-23)28-22(25)26/h9-10,20,23,25-26H,2-8,11-19H2,1H3/b10-9-. The number of ether oxygens (including phenoxy) is 1. The van der Waals surface area contributed by atoms with Crippen LogP contribution >= 0.6 is 0 Å². The normalized spacial score (nSPS) is 12.4. The van der Waals surface area contributed by atoms with E-state index in [9.17, 15) is 4.79 Å². The van der Waals surface area contributed by atoms with Crippen molar-refractivity contribution in [1.82, 2.24) is 0 Å². The molecule has 28 heavy (non-hydrogen) atoms. The van der Waals surface area contributed by atoms with Gasteiger partial charge in [-0.1, -0.05) is 70.4 Å². The average Bonchev–Trinajstić information content (AvgIpc) is 2.67. The number of esters is 1. The molecule has 0 radical (unpaired) electrons. The van der Waals surface area contributed by atoms with Crippen LogP contribution in [-0.4, -0.2) is 47.8 Å². The third-order valence-corrected chi connectivity index (χ3v) is 4.59. The minimum atomic E-state index is -1.98. The summed E-state index contributed by atoms with van der Waals surface area (Å²) in [6, 6.07) is 0. The van der Waals surface area contributed by atoms with Gasteiger partial charge in [0.25, 0.3) is 0 Å². The van der Waals surface area contributed by atoms with Gasteiger partial charge in [-0.3, -0.25) is 4.79 Å². The van der Waals surface area contributed by atoms with Crippen LogP contribution in [0.3, 0.4) is 0 Å². The number of rotatable bonds is 20. The summed E-state index contributed by atoms with van der Waals surface area (Å²) >= 11 is 0. The Morgan fingerprint density at radius 1 is 0.893 bits per heavy atom. The fourth-order valence-electron chi connectivity index (χ4n) is 2.91. The molecular weight excluding hydrogens is 359 g/mol. The largest absolute Gasteiger partial charge is 0.634 e. The Labute approximate surface area is 171 Å². The minimum Gasteiger partial charge on any atom is -0.463 e. The maximum atomic E-state index is 11.6. The molecule has 0 aromatic rings. The van der Waals surface area contributed by atoms with E-state index in [1.54, 1.807) is 0 Å². The Morgan fingerprint density at radius 3 is 1.96 bits per heavy atom. The van der Waals surface area contributed by atoms with Gasteiger partial charge in [0.05, 0.1) is 6.61 Å². The molecule has 1 atom stereocenters. The van der Waals surface area contributed by atoms with Gasteiger partial charge >= 0.3 is 13.3 Å². The number of hydrogen-bond acceptors (Lipinski definition) is 6. The number of aliphatic hydroxyl groups excluding tert-OH is 1. The molecule has 0 fully saturated rings. The van der Waals surface area contributed by atoms with Gasteiger partial charge in [-0.25, -0.2) is 0 Å². The summed E-state index contributed by atoms with van der Waals surface area (Å²) in [5.74, 6) is -0.355. The first-order valence-electron chi connectivity index (χ1n) is 11.0. The van der Waals surface area contributed by atoms with E-state index in [1.807, 2.05) is 0 Å². The molecule has 7 heteroatoms. The molecular formula is C21H41BO6. The molecule has 0 amide bonds. The third kappa shape index (κ3) is 19.9. The molecule has 0 rings (SSSR count). The molecule has 0 aliphatic carbocycles. The highest BCUT2D eigenvalue weighted by atomic mass is 16.6. The Balaban J connectivity index is 3.38. The molecule has 0 saturated heterocycles. The van der Waals surface area contributed by atoms with Crippen molar-refractivity contribution in [2.45, 2.75) is 103 Å². The smallest absolute Gasteiger partial charge is 0.463 e. The highest BCUT2D eigenvalue weighted by Gasteiger charge is 2.18. The topological polar surface area (TPSA) is 96.2 Å². The fourth-order valence-corrected chi connectivity index (χ4v) is 2.91. The van der Waals surface area contributed by atoms with E-state index in [0.717, 1.165) is 25.7 Å². The first kappa shape index (κ1) is 27.1. The lowest BCUT2D eigenvalue weighted by Gasteiger charge is -2.15. The van der Waals surface area contributed by atoms with Gasteiger partial charge in [0.15, 0.2) is 0 Å².